The Morgan fingerprint density at radius 1 is 1.11 bits per heavy atom. The van der Waals surface area contributed by atoms with Crippen molar-refractivity contribution in [3.63, 3.8) is 0 Å². The van der Waals surface area contributed by atoms with Gasteiger partial charge in [0.2, 0.25) is 5.88 Å². The molecule has 2 aliphatic heterocycles. The zero-order valence-electron chi connectivity index (χ0n) is 20.0. The largest absolute Gasteiger partial charge is 0.478 e. The summed E-state index contributed by atoms with van der Waals surface area (Å²) in [5.41, 5.74) is 4.58. The lowest BCUT2D eigenvalue weighted by molar-refractivity contribution is 0.0486. The molecule has 184 valence electrons. The number of aryl methyl sites for hydroxylation is 1. The third kappa shape index (κ3) is 4.98. The van der Waals surface area contributed by atoms with Gasteiger partial charge in [-0.3, -0.25) is 4.57 Å². The number of benzene rings is 2. The van der Waals surface area contributed by atoms with Gasteiger partial charge in [0, 0.05) is 35.6 Å². The molecule has 6 rings (SSSR count). The van der Waals surface area contributed by atoms with Gasteiger partial charge in [-0.2, -0.15) is 4.98 Å². The highest BCUT2D eigenvalue weighted by Crippen LogP contribution is 2.31. The summed E-state index contributed by atoms with van der Waals surface area (Å²) in [6.07, 6.45) is 2.06. The van der Waals surface area contributed by atoms with Crippen molar-refractivity contribution in [1.29, 1.82) is 0 Å². The molecule has 1 N–H and O–H groups in total. The van der Waals surface area contributed by atoms with Crippen LogP contribution < -0.4 is 25.2 Å². The number of hydrogen-bond donors (Lipinski definition) is 1. The molecule has 0 fully saturated rings. The van der Waals surface area contributed by atoms with Crippen LogP contribution in [0, 0.1) is 11.8 Å². The molecule has 4 aromatic rings. The van der Waals surface area contributed by atoms with Crippen LogP contribution in [0.5, 0.6) is 17.5 Å². The Balaban J connectivity index is 1.15. The maximum absolute atomic E-state index is 12.7. The van der Waals surface area contributed by atoms with Gasteiger partial charge in [0.15, 0.2) is 11.9 Å². The van der Waals surface area contributed by atoms with Gasteiger partial charge in [0.25, 0.3) is 5.88 Å². The monoisotopic (exact) mass is 492 g/mol. The first kappa shape index (κ1) is 22.7. The van der Waals surface area contributed by atoms with Crippen molar-refractivity contribution in [2.45, 2.75) is 19.1 Å². The zero-order valence-corrected chi connectivity index (χ0v) is 20.0. The maximum atomic E-state index is 12.7. The summed E-state index contributed by atoms with van der Waals surface area (Å²) >= 11 is 0. The van der Waals surface area contributed by atoms with E-state index in [9.17, 15) is 4.79 Å². The van der Waals surface area contributed by atoms with Crippen LogP contribution in [0.25, 0.3) is 11.3 Å². The zero-order chi connectivity index (χ0) is 25.0. The minimum atomic E-state index is -0.331. The SMILES string of the molecule is O=c1nc(OCC2COc3ncccc3O2)cc2n1CCc1cc(C#CCNc3ccccc3)ccc1-2. The number of hydrogen-bond acceptors (Lipinski definition) is 7. The normalized spacial score (nSPS) is 15.0. The quantitative estimate of drug-likeness (QED) is 0.427. The van der Waals surface area contributed by atoms with E-state index >= 15 is 0 Å². The Hall–Kier alpha value is -4.77. The van der Waals surface area contributed by atoms with Gasteiger partial charge in [0.05, 0.1) is 12.2 Å². The molecular formula is C29H24N4O4. The number of rotatable bonds is 5. The topological polar surface area (TPSA) is 87.5 Å². The molecule has 0 spiro atoms. The molecule has 37 heavy (non-hydrogen) atoms. The minimum Gasteiger partial charge on any atom is -0.478 e. The fraction of sp³-hybridized carbons (Fsp3) is 0.207. The molecule has 0 saturated heterocycles. The summed E-state index contributed by atoms with van der Waals surface area (Å²) in [5.74, 6) is 7.71. The van der Waals surface area contributed by atoms with Crippen molar-refractivity contribution in [2.24, 2.45) is 0 Å². The molecule has 0 bridgehead atoms. The third-order valence-electron chi connectivity index (χ3n) is 6.21. The van der Waals surface area contributed by atoms with Crippen LogP contribution in [0.2, 0.25) is 0 Å². The summed E-state index contributed by atoms with van der Waals surface area (Å²) in [4.78, 5) is 21.0. The van der Waals surface area contributed by atoms with E-state index in [2.05, 4.69) is 33.2 Å². The van der Waals surface area contributed by atoms with Crippen molar-refractivity contribution in [1.82, 2.24) is 14.5 Å². The van der Waals surface area contributed by atoms with Crippen molar-refractivity contribution >= 4 is 5.69 Å². The van der Waals surface area contributed by atoms with E-state index in [0.717, 1.165) is 34.5 Å². The third-order valence-corrected chi connectivity index (χ3v) is 6.21. The van der Waals surface area contributed by atoms with Crippen molar-refractivity contribution < 1.29 is 14.2 Å². The summed E-state index contributed by atoms with van der Waals surface area (Å²) < 4.78 is 19.1. The van der Waals surface area contributed by atoms with Crippen molar-refractivity contribution in [3.8, 4) is 40.6 Å². The minimum absolute atomic E-state index is 0.197. The summed E-state index contributed by atoms with van der Waals surface area (Å²) in [6.45, 7) is 1.62. The number of fused-ring (bicyclic) bond motifs is 4. The number of aromatic nitrogens is 3. The second kappa shape index (κ2) is 10.1. The Labute approximate surface area is 213 Å². The molecule has 2 aliphatic rings. The molecule has 2 aromatic heterocycles. The van der Waals surface area contributed by atoms with Gasteiger partial charge >= 0.3 is 5.69 Å². The predicted octanol–water partition coefficient (Wildman–Crippen LogP) is 3.54. The molecule has 1 unspecified atom stereocenters. The lowest BCUT2D eigenvalue weighted by Gasteiger charge is -2.25. The number of pyridine rings is 1. The Morgan fingerprint density at radius 2 is 2.03 bits per heavy atom. The fourth-order valence-corrected chi connectivity index (χ4v) is 4.43. The van der Waals surface area contributed by atoms with Crippen LogP contribution in [0.4, 0.5) is 5.69 Å². The van der Waals surface area contributed by atoms with E-state index in [-0.39, 0.29) is 24.3 Å². The van der Waals surface area contributed by atoms with Crippen LogP contribution in [0.3, 0.4) is 0 Å². The summed E-state index contributed by atoms with van der Waals surface area (Å²) in [6, 6.07) is 21.5. The Bertz CT molecular complexity index is 1560. The van der Waals surface area contributed by atoms with E-state index < -0.39 is 0 Å². The summed E-state index contributed by atoms with van der Waals surface area (Å²) in [5, 5.41) is 3.29. The first-order valence-electron chi connectivity index (χ1n) is 12.1. The molecule has 0 aliphatic carbocycles. The van der Waals surface area contributed by atoms with Gasteiger partial charge in [0.1, 0.15) is 13.2 Å². The standard InChI is InChI=1S/C29H24N4O4/c34-29-32-27(35-18-23-19-36-28-26(37-23)9-5-14-31-28)17-25-24-11-10-20(16-21(24)12-15-33(25)29)6-4-13-30-22-7-2-1-3-8-22/h1-3,5,7-11,14,16-17,23,30H,12-13,15,18-19H2. The maximum Gasteiger partial charge on any atom is 0.351 e. The molecular weight excluding hydrogens is 468 g/mol. The van der Waals surface area contributed by atoms with Crippen LogP contribution in [-0.4, -0.2) is 40.4 Å². The second-order valence-electron chi connectivity index (χ2n) is 8.73. The van der Waals surface area contributed by atoms with E-state index in [1.54, 1.807) is 22.9 Å². The van der Waals surface area contributed by atoms with Gasteiger partial charge < -0.3 is 19.5 Å². The van der Waals surface area contributed by atoms with E-state index in [4.69, 9.17) is 14.2 Å². The lowest BCUT2D eigenvalue weighted by Crippen LogP contribution is -2.35. The Kier molecular flexibility index (Phi) is 6.17. The van der Waals surface area contributed by atoms with E-state index in [1.165, 1.54) is 0 Å². The molecule has 8 heteroatoms. The molecule has 1 atom stereocenters. The van der Waals surface area contributed by atoms with Crippen LogP contribution in [0.1, 0.15) is 11.1 Å². The summed E-state index contributed by atoms with van der Waals surface area (Å²) in [7, 11) is 0. The van der Waals surface area contributed by atoms with Gasteiger partial charge in [-0.25, -0.2) is 9.78 Å². The molecule has 0 radical (unpaired) electrons. The number of para-hydroxylation sites is 1. The Morgan fingerprint density at radius 3 is 2.95 bits per heavy atom. The number of ether oxygens (including phenoxy) is 3. The second-order valence-corrected chi connectivity index (χ2v) is 8.73. The van der Waals surface area contributed by atoms with Crippen molar-refractivity contribution in [3.05, 3.63) is 94.5 Å². The highest BCUT2D eigenvalue weighted by atomic mass is 16.6. The molecule has 0 saturated carbocycles. The first-order valence-corrected chi connectivity index (χ1v) is 12.1. The first-order chi connectivity index (χ1) is 18.2. The number of anilines is 1. The van der Waals surface area contributed by atoms with E-state index in [0.29, 0.717) is 31.3 Å². The number of nitrogens with one attached hydrogen (secondary N) is 1. The number of nitrogens with zero attached hydrogens (tertiary/aromatic N) is 3. The average molecular weight is 493 g/mol. The molecule has 8 nitrogen and oxygen atoms in total. The highest BCUT2D eigenvalue weighted by Gasteiger charge is 2.24. The van der Waals surface area contributed by atoms with Crippen molar-refractivity contribution in [2.75, 3.05) is 25.1 Å². The molecule has 0 amide bonds. The highest BCUT2D eigenvalue weighted by molar-refractivity contribution is 5.68. The average Bonchev–Trinajstić information content (AvgIpc) is 2.94. The fourth-order valence-electron chi connectivity index (χ4n) is 4.43. The van der Waals surface area contributed by atoms with Crippen LogP contribution >= 0.6 is 0 Å². The van der Waals surface area contributed by atoms with Gasteiger partial charge in [-0.1, -0.05) is 36.1 Å². The lowest BCUT2D eigenvalue weighted by atomic mass is 9.95. The van der Waals surface area contributed by atoms with E-state index in [1.807, 2.05) is 48.5 Å². The molecule has 2 aromatic carbocycles. The predicted molar refractivity (Wildman–Crippen MR) is 139 cm³/mol. The van der Waals surface area contributed by atoms with Crippen LogP contribution in [0.15, 0.2) is 77.7 Å². The smallest absolute Gasteiger partial charge is 0.351 e. The van der Waals surface area contributed by atoms with Gasteiger partial charge in [-0.05, 0) is 48.4 Å². The molecule has 4 heterocycles. The van der Waals surface area contributed by atoms with Crippen LogP contribution in [-0.2, 0) is 13.0 Å². The van der Waals surface area contributed by atoms with Gasteiger partial charge in [-0.15, -0.1) is 0 Å².